The molecule has 9 nitrogen and oxygen atoms in total. The zero-order valence-corrected chi connectivity index (χ0v) is 13.2. The average Bonchev–Trinajstić information content (AvgIpc) is 3.29. The number of tetrazole rings is 1. The molecule has 10 heteroatoms. The molecule has 0 amide bonds. The van der Waals surface area contributed by atoms with Crippen molar-refractivity contribution in [1.29, 1.82) is 0 Å². The Balaban J connectivity index is 1.59. The van der Waals surface area contributed by atoms with Gasteiger partial charge in [-0.25, -0.2) is 9.18 Å². The average molecular weight is 354 g/mol. The van der Waals surface area contributed by atoms with E-state index in [4.69, 9.17) is 4.74 Å². The van der Waals surface area contributed by atoms with Crippen molar-refractivity contribution in [2.24, 2.45) is 0 Å². The molecule has 130 valence electrons. The van der Waals surface area contributed by atoms with E-state index in [1.807, 2.05) is 0 Å². The lowest BCUT2D eigenvalue weighted by Gasteiger charge is -2.07. The predicted molar refractivity (Wildman–Crippen MR) is 86.0 cm³/mol. The first kappa shape index (κ1) is 15.7. The Labute approximate surface area is 145 Å². The topological polar surface area (TPSA) is 112 Å². The minimum atomic E-state index is -0.646. The van der Waals surface area contributed by atoms with E-state index in [1.54, 1.807) is 36.4 Å². The molecule has 0 atom stereocenters. The van der Waals surface area contributed by atoms with Gasteiger partial charge in [0.25, 0.3) is 0 Å². The van der Waals surface area contributed by atoms with Gasteiger partial charge in [-0.1, -0.05) is 34.5 Å². The molecular weight excluding hydrogens is 343 g/mol. The van der Waals surface area contributed by atoms with Gasteiger partial charge in [0.2, 0.25) is 0 Å². The van der Waals surface area contributed by atoms with Gasteiger partial charge in [0.1, 0.15) is 12.4 Å². The van der Waals surface area contributed by atoms with Crippen LogP contribution < -0.4 is 10.5 Å². The fraction of sp³-hybridized carbons (Fsp3) is 0.0625. The van der Waals surface area contributed by atoms with Gasteiger partial charge in [0.05, 0.1) is 5.69 Å². The third kappa shape index (κ3) is 3.20. The van der Waals surface area contributed by atoms with Crippen LogP contribution in [-0.2, 0) is 6.61 Å². The minimum absolute atomic E-state index is 0.106. The van der Waals surface area contributed by atoms with Crippen molar-refractivity contribution in [3.8, 4) is 23.1 Å². The molecule has 0 aliphatic carbocycles. The Morgan fingerprint density at radius 2 is 2.08 bits per heavy atom. The van der Waals surface area contributed by atoms with Crippen molar-refractivity contribution in [2.45, 2.75) is 6.61 Å². The standard InChI is InChI=1S/C16H11FN6O3/c17-12-5-1-3-10(7-12)9-25-15-19-21-22-23(15)13-6-2-4-11(8-13)14-18-16(24)26-20-14/h1-8H,9H2,(H,18,20,24). The molecular formula is C16H11FN6O3. The Hall–Kier alpha value is -3.82. The van der Waals surface area contributed by atoms with Crippen LogP contribution >= 0.6 is 0 Å². The van der Waals surface area contributed by atoms with Crippen LogP contribution in [0.15, 0.2) is 57.8 Å². The molecule has 2 heterocycles. The Morgan fingerprint density at radius 3 is 2.88 bits per heavy atom. The first-order chi connectivity index (χ1) is 12.7. The van der Waals surface area contributed by atoms with Gasteiger partial charge in [-0.15, -0.1) is 0 Å². The van der Waals surface area contributed by atoms with Crippen LogP contribution in [0.25, 0.3) is 17.1 Å². The molecule has 4 aromatic rings. The van der Waals surface area contributed by atoms with Crippen LogP contribution in [0.5, 0.6) is 6.01 Å². The fourth-order valence-corrected chi connectivity index (χ4v) is 2.34. The smallest absolute Gasteiger partial charge is 0.439 e. The highest BCUT2D eigenvalue weighted by molar-refractivity contribution is 5.58. The summed E-state index contributed by atoms with van der Waals surface area (Å²) in [4.78, 5) is 13.6. The maximum atomic E-state index is 13.2. The number of nitrogens with one attached hydrogen (secondary N) is 1. The molecule has 0 saturated heterocycles. The molecule has 2 aromatic heterocycles. The zero-order chi connectivity index (χ0) is 17.9. The second-order valence-corrected chi connectivity index (χ2v) is 5.29. The third-order valence-corrected chi connectivity index (χ3v) is 3.50. The van der Waals surface area contributed by atoms with E-state index in [0.717, 1.165) is 0 Å². The summed E-state index contributed by atoms with van der Waals surface area (Å²) >= 11 is 0. The lowest BCUT2D eigenvalue weighted by molar-refractivity contribution is 0.272. The number of aromatic amines is 1. The van der Waals surface area contributed by atoms with Gasteiger partial charge in [-0.3, -0.25) is 9.51 Å². The number of aromatic nitrogens is 6. The van der Waals surface area contributed by atoms with Gasteiger partial charge in [0.15, 0.2) is 5.82 Å². The number of halogens is 1. The van der Waals surface area contributed by atoms with Crippen LogP contribution in [0.4, 0.5) is 4.39 Å². The van der Waals surface area contributed by atoms with Crippen molar-refractivity contribution in [3.05, 3.63) is 70.5 Å². The van der Waals surface area contributed by atoms with Crippen LogP contribution in [0.2, 0.25) is 0 Å². The Morgan fingerprint density at radius 1 is 1.19 bits per heavy atom. The largest absolute Gasteiger partial charge is 0.457 e. The summed E-state index contributed by atoms with van der Waals surface area (Å²) in [5.41, 5.74) is 1.85. The number of rotatable bonds is 5. The molecule has 0 aliphatic heterocycles. The van der Waals surface area contributed by atoms with E-state index < -0.39 is 5.76 Å². The van der Waals surface area contributed by atoms with Crippen molar-refractivity contribution in [2.75, 3.05) is 0 Å². The predicted octanol–water partition coefficient (Wildman–Crippen LogP) is 1.72. The summed E-state index contributed by atoms with van der Waals surface area (Å²) in [7, 11) is 0. The lowest BCUT2D eigenvalue weighted by atomic mass is 10.2. The van der Waals surface area contributed by atoms with Crippen molar-refractivity contribution in [3.63, 3.8) is 0 Å². The molecule has 4 rings (SSSR count). The van der Waals surface area contributed by atoms with E-state index in [-0.39, 0.29) is 24.3 Å². The normalized spacial score (nSPS) is 10.8. The maximum Gasteiger partial charge on any atom is 0.439 e. The molecule has 0 saturated carbocycles. The fourth-order valence-electron chi connectivity index (χ4n) is 2.34. The highest BCUT2D eigenvalue weighted by Crippen LogP contribution is 2.20. The van der Waals surface area contributed by atoms with E-state index in [9.17, 15) is 9.18 Å². The molecule has 0 radical (unpaired) electrons. The van der Waals surface area contributed by atoms with Crippen LogP contribution in [0, 0.1) is 5.82 Å². The van der Waals surface area contributed by atoms with Crippen LogP contribution in [0.3, 0.4) is 0 Å². The van der Waals surface area contributed by atoms with E-state index in [0.29, 0.717) is 16.8 Å². The molecule has 0 fully saturated rings. The van der Waals surface area contributed by atoms with E-state index in [2.05, 4.69) is 30.2 Å². The first-order valence-corrected chi connectivity index (χ1v) is 7.51. The monoisotopic (exact) mass is 354 g/mol. The summed E-state index contributed by atoms with van der Waals surface area (Å²) in [6.07, 6.45) is 0. The Kier molecular flexibility index (Phi) is 3.98. The van der Waals surface area contributed by atoms with Gasteiger partial charge in [-0.2, -0.15) is 4.68 Å². The molecule has 1 N–H and O–H groups in total. The molecule has 0 spiro atoms. The van der Waals surface area contributed by atoms with Crippen molar-refractivity contribution >= 4 is 0 Å². The highest BCUT2D eigenvalue weighted by atomic mass is 19.1. The van der Waals surface area contributed by atoms with E-state index >= 15 is 0 Å². The molecule has 0 bridgehead atoms. The second kappa shape index (κ2) is 6.59. The Bertz CT molecular complexity index is 1100. The van der Waals surface area contributed by atoms with Crippen molar-refractivity contribution < 1.29 is 13.7 Å². The third-order valence-electron chi connectivity index (χ3n) is 3.50. The SMILES string of the molecule is O=c1[nH]c(-c2cccc(-n3nnnc3OCc3cccc(F)c3)c2)no1. The summed E-state index contributed by atoms with van der Waals surface area (Å²) in [6, 6.07) is 13.2. The first-order valence-electron chi connectivity index (χ1n) is 7.51. The highest BCUT2D eigenvalue weighted by Gasteiger charge is 2.12. The minimum Gasteiger partial charge on any atom is -0.457 e. The number of hydrogen-bond acceptors (Lipinski definition) is 7. The van der Waals surface area contributed by atoms with Crippen LogP contribution in [0.1, 0.15) is 5.56 Å². The van der Waals surface area contributed by atoms with Gasteiger partial charge < -0.3 is 4.74 Å². The second-order valence-electron chi connectivity index (χ2n) is 5.29. The number of hydrogen-bond donors (Lipinski definition) is 1. The van der Waals surface area contributed by atoms with Gasteiger partial charge in [-0.05, 0) is 40.3 Å². The van der Waals surface area contributed by atoms with Gasteiger partial charge in [0, 0.05) is 5.56 Å². The van der Waals surface area contributed by atoms with Crippen LogP contribution in [-0.4, -0.2) is 30.3 Å². The number of ether oxygens (including phenoxy) is 1. The van der Waals surface area contributed by atoms with Crippen molar-refractivity contribution in [1.82, 2.24) is 30.3 Å². The maximum absolute atomic E-state index is 13.2. The zero-order valence-electron chi connectivity index (χ0n) is 13.2. The number of benzene rings is 2. The van der Waals surface area contributed by atoms with Gasteiger partial charge >= 0.3 is 11.8 Å². The molecule has 0 aliphatic rings. The summed E-state index contributed by atoms with van der Waals surface area (Å²) in [5, 5.41) is 15.0. The molecule has 2 aromatic carbocycles. The van der Waals surface area contributed by atoms with E-state index in [1.165, 1.54) is 16.8 Å². The molecule has 0 unspecified atom stereocenters. The number of H-pyrrole nitrogens is 1. The lowest BCUT2D eigenvalue weighted by Crippen LogP contribution is -2.04. The summed E-state index contributed by atoms with van der Waals surface area (Å²) in [6.45, 7) is 0.106. The quantitative estimate of drug-likeness (QED) is 0.581. The molecule has 26 heavy (non-hydrogen) atoms. The summed E-state index contributed by atoms with van der Waals surface area (Å²) in [5.74, 6) is -0.709. The summed E-state index contributed by atoms with van der Waals surface area (Å²) < 4.78 is 24.7. The number of nitrogens with zero attached hydrogens (tertiary/aromatic N) is 5.